The largest absolute Gasteiger partial charge is 0.492 e. The van der Waals surface area contributed by atoms with E-state index < -0.39 is 0 Å². The molecule has 0 aliphatic rings. The lowest BCUT2D eigenvalue weighted by Crippen LogP contribution is -2.12. The standard InChI is InChI=1S/C14H13BrCl2N2O2S/c15-11-6-9(17)3-4-12(11)21-5-1-2-13(20)19-14-18-10(7-16)8-22-14/h3-4,6,8H,1-2,5,7H2,(H,18,19,20). The molecule has 1 aromatic heterocycles. The number of nitrogens with zero attached hydrogens (tertiary/aromatic N) is 1. The lowest BCUT2D eigenvalue weighted by atomic mass is 10.3. The highest BCUT2D eigenvalue weighted by Crippen LogP contribution is 2.28. The molecule has 0 unspecified atom stereocenters. The van der Waals surface area contributed by atoms with E-state index in [0.717, 1.165) is 10.2 Å². The maximum absolute atomic E-state index is 11.8. The van der Waals surface area contributed by atoms with Crippen LogP contribution in [0.5, 0.6) is 5.75 Å². The summed E-state index contributed by atoms with van der Waals surface area (Å²) in [5.41, 5.74) is 0.762. The van der Waals surface area contributed by atoms with Crippen LogP contribution in [-0.4, -0.2) is 17.5 Å². The van der Waals surface area contributed by atoms with Gasteiger partial charge >= 0.3 is 0 Å². The third-order valence-corrected chi connectivity index (χ3v) is 4.57. The van der Waals surface area contributed by atoms with Crippen molar-refractivity contribution in [2.24, 2.45) is 0 Å². The fourth-order valence-corrected chi connectivity index (χ4v) is 3.37. The Balaban J connectivity index is 1.70. The molecule has 0 aliphatic carbocycles. The normalized spacial score (nSPS) is 10.5. The predicted octanol–water partition coefficient (Wildman–Crippen LogP) is 5.10. The summed E-state index contributed by atoms with van der Waals surface area (Å²) in [6, 6.07) is 5.31. The Labute approximate surface area is 150 Å². The number of alkyl halides is 1. The molecule has 0 radical (unpaired) electrons. The van der Waals surface area contributed by atoms with Crippen molar-refractivity contribution in [2.45, 2.75) is 18.7 Å². The molecule has 2 aromatic rings. The topological polar surface area (TPSA) is 51.2 Å². The molecule has 4 nitrogen and oxygen atoms in total. The van der Waals surface area contributed by atoms with Gasteiger partial charge in [-0.15, -0.1) is 22.9 Å². The van der Waals surface area contributed by atoms with Gasteiger partial charge in [-0.25, -0.2) is 4.98 Å². The number of nitrogens with one attached hydrogen (secondary N) is 1. The lowest BCUT2D eigenvalue weighted by molar-refractivity contribution is -0.116. The second-order valence-corrected chi connectivity index (χ2v) is 6.77. The van der Waals surface area contributed by atoms with Crippen LogP contribution in [0.4, 0.5) is 5.13 Å². The molecule has 1 aromatic carbocycles. The number of benzene rings is 1. The molecule has 22 heavy (non-hydrogen) atoms. The monoisotopic (exact) mass is 422 g/mol. The molecule has 2 rings (SSSR count). The zero-order chi connectivity index (χ0) is 15.9. The summed E-state index contributed by atoms with van der Waals surface area (Å²) < 4.78 is 6.39. The molecule has 1 heterocycles. The van der Waals surface area contributed by atoms with Gasteiger partial charge in [-0.05, 0) is 40.5 Å². The summed E-state index contributed by atoms with van der Waals surface area (Å²) >= 11 is 16.3. The van der Waals surface area contributed by atoms with E-state index in [1.807, 2.05) is 5.38 Å². The summed E-state index contributed by atoms with van der Waals surface area (Å²) in [6.07, 6.45) is 0.968. The molecular weight excluding hydrogens is 411 g/mol. The average molecular weight is 424 g/mol. The van der Waals surface area contributed by atoms with Crippen molar-refractivity contribution in [3.63, 3.8) is 0 Å². The smallest absolute Gasteiger partial charge is 0.226 e. The number of ether oxygens (including phenoxy) is 1. The third kappa shape index (κ3) is 5.43. The quantitative estimate of drug-likeness (QED) is 0.498. The van der Waals surface area contributed by atoms with Crippen molar-refractivity contribution in [2.75, 3.05) is 11.9 Å². The number of amides is 1. The highest BCUT2D eigenvalue weighted by molar-refractivity contribution is 9.10. The molecular formula is C14H13BrCl2N2O2S. The van der Waals surface area contributed by atoms with E-state index in [4.69, 9.17) is 27.9 Å². The summed E-state index contributed by atoms with van der Waals surface area (Å²) in [5, 5.41) is 5.77. The van der Waals surface area contributed by atoms with Gasteiger partial charge in [-0.1, -0.05) is 11.6 Å². The van der Waals surface area contributed by atoms with E-state index in [1.54, 1.807) is 18.2 Å². The molecule has 0 aliphatic heterocycles. The maximum atomic E-state index is 11.8. The van der Waals surface area contributed by atoms with Crippen molar-refractivity contribution >= 4 is 61.5 Å². The van der Waals surface area contributed by atoms with Crippen LogP contribution >= 0.6 is 50.5 Å². The van der Waals surface area contributed by atoms with Crippen molar-refractivity contribution in [1.82, 2.24) is 4.98 Å². The molecule has 1 amide bonds. The van der Waals surface area contributed by atoms with Crippen LogP contribution < -0.4 is 10.1 Å². The zero-order valence-corrected chi connectivity index (χ0v) is 15.4. The molecule has 0 saturated heterocycles. The molecule has 0 atom stereocenters. The van der Waals surface area contributed by atoms with E-state index in [1.165, 1.54) is 11.3 Å². The van der Waals surface area contributed by atoms with E-state index in [0.29, 0.717) is 41.2 Å². The van der Waals surface area contributed by atoms with Crippen LogP contribution in [0, 0.1) is 0 Å². The minimum Gasteiger partial charge on any atom is -0.492 e. The Morgan fingerprint density at radius 1 is 1.45 bits per heavy atom. The van der Waals surface area contributed by atoms with E-state index in [2.05, 4.69) is 26.2 Å². The maximum Gasteiger partial charge on any atom is 0.226 e. The molecule has 0 spiro atoms. The number of hydrogen-bond acceptors (Lipinski definition) is 4. The number of carbonyl (C=O) groups excluding carboxylic acids is 1. The fourth-order valence-electron chi connectivity index (χ4n) is 1.61. The first-order chi connectivity index (χ1) is 10.6. The van der Waals surface area contributed by atoms with Gasteiger partial charge in [-0.3, -0.25) is 4.79 Å². The van der Waals surface area contributed by atoms with Crippen LogP contribution in [0.15, 0.2) is 28.1 Å². The average Bonchev–Trinajstić information content (AvgIpc) is 2.93. The van der Waals surface area contributed by atoms with Crippen LogP contribution in [0.2, 0.25) is 5.02 Å². The highest BCUT2D eigenvalue weighted by atomic mass is 79.9. The molecule has 0 bridgehead atoms. The van der Waals surface area contributed by atoms with Crippen LogP contribution in [0.1, 0.15) is 18.5 Å². The number of rotatable bonds is 7. The van der Waals surface area contributed by atoms with Gasteiger partial charge in [0.2, 0.25) is 5.91 Å². The fraction of sp³-hybridized carbons (Fsp3) is 0.286. The zero-order valence-electron chi connectivity index (χ0n) is 11.4. The Hall–Kier alpha value is -0.820. The van der Waals surface area contributed by atoms with Crippen molar-refractivity contribution in [1.29, 1.82) is 0 Å². The Morgan fingerprint density at radius 3 is 2.95 bits per heavy atom. The van der Waals surface area contributed by atoms with Crippen molar-refractivity contribution in [3.8, 4) is 5.75 Å². The van der Waals surface area contributed by atoms with Crippen LogP contribution in [0.25, 0.3) is 0 Å². The van der Waals surface area contributed by atoms with Crippen molar-refractivity contribution in [3.05, 3.63) is 38.8 Å². The number of anilines is 1. The summed E-state index contributed by atoms with van der Waals surface area (Å²) in [7, 11) is 0. The Bertz CT molecular complexity index is 652. The summed E-state index contributed by atoms with van der Waals surface area (Å²) in [4.78, 5) is 15.9. The molecule has 1 N–H and O–H groups in total. The highest BCUT2D eigenvalue weighted by Gasteiger charge is 2.07. The number of hydrogen-bond donors (Lipinski definition) is 1. The van der Waals surface area contributed by atoms with Gasteiger partial charge in [0.15, 0.2) is 5.13 Å². The van der Waals surface area contributed by atoms with Gasteiger partial charge in [0.1, 0.15) is 5.75 Å². The second kappa shape index (κ2) is 8.72. The van der Waals surface area contributed by atoms with Gasteiger partial charge in [0.05, 0.1) is 22.7 Å². The number of halogens is 3. The SMILES string of the molecule is O=C(CCCOc1ccc(Cl)cc1Br)Nc1nc(CCl)cs1. The molecule has 8 heteroatoms. The summed E-state index contributed by atoms with van der Waals surface area (Å²) in [5.74, 6) is 0.960. The first-order valence-corrected chi connectivity index (χ1v) is 9.05. The number of aromatic nitrogens is 1. The minimum absolute atomic E-state index is 0.0887. The van der Waals surface area contributed by atoms with Crippen LogP contribution in [-0.2, 0) is 10.7 Å². The lowest BCUT2D eigenvalue weighted by Gasteiger charge is -2.08. The Morgan fingerprint density at radius 2 is 2.27 bits per heavy atom. The van der Waals surface area contributed by atoms with Gasteiger partial charge in [-0.2, -0.15) is 0 Å². The van der Waals surface area contributed by atoms with Crippen LogP contribution in [0.3, 0.4) is 0 Å². The number of carbonyl (C=O) groups is 1. The predicted molar refractivity (Wildman–Crippen MR) is 94.2 cm³/mol. The van der Waals surface area contributed by atoms with Gasteiger partial charge < -0.3 is 10.1 Å². The second-order valence-electron chi connectivity index (χ2n) is 4.35. The van der Waals surface area contributed by atoms with Gasteiger partial charge in [0.25, 0.3) is 0 Å². The van der Waals surface area contributed by atoms with Crippen molar-refractivity contribution < 1.29 is 9.53 Å². The molecule has 118 valence electrons. The Kier molecular flexibility index (Phi) is 6.95. The molecule has 0 fully saturated rings. The number of thiazole rings is 1. The van der Waals surface area contributed by atoms with E-state index in [-0.39, 0.29) is 5.91 Å². The third-order valence-electron chi connectivity index (χ3n) is 2.63. The van der Waals surface area contributed by atoms with E-state index in [9.17, 15) is 4.79 Å². The van der Waals surface area contributed by atoms with Gasteiger partial charge in [0, 0.05) is 16.8 Å². The van der Waals surface area contributed by atoms with E-state index >= 15 is 0 Å². The first kappa shape index (κ1) is 17.5. The minimum atomic E-state index is -0.0887. The first-order valence-electron chi connectivity index (χ1n) is 6.46. The summed E-state index contributed by atoms with van der Waals surface area (Å²) in [6.45, 7) is 0.443. The molecule has 0 saturated carbocycles.